The van der Waals surface area contributed by atoms with Gasteiger partial charge in [0.2, 0.25) is 0 Å². The number of hydrogen-bond donors (Lipinski definition) is 3. The lowest BCUT2D eigenvalue weighted by molar-refractivity contribution is -0.137. The number of pyridine rings is 2. The number of amides is 1. The molecule has 0 aromatic carbocycles. The van der Waals surface area contributed by atoms with E-state index in [1.165, 1.54) is 26.4 Å². The number of anilines is 2. The Morgan fingerprint density at radius 1 is 1.16 bits per heavy atom. The van der Waals surface area contributed by atoms with Gasteiger partial charge in [-0.05, 0) is 18.2 Å². The molecule has 0 saturated carbocycles. The third kappa shape index (κ3) is 4.19. The third-order valence-corrected chi connectivity index (χ3v) is 5.50. The summed E-state index contributed by atoms with van der Waals surface area (Å²) in [6, 6.07) is 1.89. The van der Waals surface area contributed by atoms with Crippen molar-refractivity contribution in [3.8, 4) is 11.3 Å². The van der Waals surface area contributed by atoms with E-state index in [4.69, 9.17) is 16.2 Å². The third-order valence-electron chi connectivity index (χ3n) is 5.20. The van der Waals surface area contributed by atoms with Crippen LogP contribution in [0.5, 0.6) is 0 Å². The van der Waals surface area contributed by atoms with Crippen LogP contribution in [0.15, 0.2) is 24.4 Å². The lowest BCUT2D eigenvalue weighted by Crippen LogP contribution is -2.39. The Labute approximate surface area is 180 Å². The van der Waals surface area contributed by atoms with Crippen LogP contribution >= 0.6 is 9.24 Å². The molecule has 4 rings (SSSR count). The maximum absolute atomic E-state index is 14.2. The standard InChI is InChI=1S/C18H18F5N6O2P/c19-17(20,21)7-3-11(27-12(4-7)29-5-9(24)10(25)6-29)8-1-2-26-15-13(8)14(18(22,23)32)31-16(30)28-15/h1-4,9-10,14H,5-6,24-25,32H2,(H,26,28,30)/t9?,10?,14-/m1/s1. The molecule has 4 atom stereocenters. The van der Waals surface area contributed by atoms with E-state index in [0.717, 1.165) is 12.1 Å². The number of hydrogen-bond acceptors (Lipinski definition) is 7. The van der Waals surface area contributed by atoms with Gasteiger partial charge in [0, 0.05) is 36.9 Å². The molecule has 3 unspecified atom stereocenters. The summed E-state index contributed by atoms with van der Waals surface area (Å²) < 4.78 is 74.1. The highest BCUT2D eigenvalue weighted by atomic mass is 31.0. The molecule has 0 spiro atoms. The molecule has 8 nitrogen and oxygen atoms in total. The van der Waals surface area contributed by atoms with Gasteiger partial charge in [-0.3, -0.25) is 5.32 Å². The molecule has 4 heterocycles. The van der Waals surface area contributed by atoms with Crippen molar-refractivity contribution in [1.29, 1.82) is 0 Å². The summed E-state index contributed by atoms with van der Waals surface area (Å²) in [5.74, 6) is -0.310. The predicted molar refractivity (Wildman–Crippen MR) is 108 cm³/mol. The van der Waals surface area contributed by atoms with Crippen LogP contribution in [-0.2, 0) is 10.9 Å². The largest absolute Gasteiger partial charge is 0.434 e. The van der Waals surface area contributed by atoms with Gasteiger partial charge in [0.1, 0.15) is 11.6 Å². The van der Waals surface area contributed by atoms with E-state index in [0.29, 0.717) is 0 Å². The highest BCUT2D eigenvalue weighted by molar-refractivity contribution is 7.18. The van der Waals surface area contributed by atoms with E-state index in [2.05, 4.69) is 15.3 Å². The molecule has 5 N–H and O–H groups in total. The molecular weight excluding hydrogens is 458 g/mol. The lowest BCUT2D eigenvalue weighted by atomic mass is 9.98. The molecular formula is C18H18F5N6O2P. The topological polar surface area (TPSA) is 119 Å². The summed E-state index contributed by atoms with van der Waals surface area (Å²) in [6.07, 6.45) is -6.83. The Kier molecular flexibility index (Phi) is 5.46. The molecule has 1 fully saturated rings. The maximum atomic E-state index is 14.2. The van der Waals surface area contributed by atoms with E-state index in [-0.39, 0.29) is 41.5 Å². The van der Waals surface area contributed by atoms with Crippen LogP contribution in [0.2, 0.25) is 0 Å². The highest BCUT2D eigenvalue weighted by Crippen LogP contribution is 2.48. The van der Waals surface area contributed by atoms with Crippen molar-refractivity contribution in [3.05, 3.63) is 35.5 Å². The van der Waals surface area contributed by atoms with Crippen LogP contribution in [0.3, 0.4) is 0 Å². The first kappa shape index (κ1) is 22.6. The average Bonchev–Trinajstić information content (AvgIpc) is 3.03. The fourth-order valence-electron chi connectivity index (χ4n) is 3.65. The van der Waals surface area contributed by atoms with Gasteiger partial charge in [-0.25, -0.2) is 14.8 Å². The van der Waals surface area contributed by atoms with Crippen LogP contribution in [0, 0.1) is 0 Å². The number of rotatable bonds is 3. The van der Waals surface area contributed by atoms with Gasteiger partial charge in [-0.15, -0.1) is 0 Å². The molecule has 32 heavy (non-hydrogen) atoms. The van der Waals surface area contributed by atoms with Gasteiger partial charge in [-0.2, -0.15) is 22.0 Å². The summed E-state index contributed by atoms with van der Waals surface area (Å²) >= 11 is 0. The fourth-order valence-corrected chi connectivity index (χ4v) is 3.88. The van der Waals surface area contributed by atoms with E-state index >= 15 is 0 Å². The van der Waals surface area contributed by atoms with Crippen molar-refractivity contribution in [2.75, 3.05) is 23.3 Å². The van der Waals surface area contributed by atoms with Crippen molar-refractivity contribution in [1.82, 2.24) is 9.97 Å². The smallest absolute Gasteiger partial charge is 0.416 e. The summed E-state index contributed by atoms with van der Waals surface area (Å²) in [6.45, 7) is 0.351. The Balaban J connectivity index is 1.90. The maximum Gasteiger partial charge on any atom is 0.416 e. The second kappa shape index (κ2) is 7.75. The Hall–Kier alpha value is -2.63. The van der Waals surface area contributed by atoms with E-state index in [9.17, 15) is 26.7 Å². The number of alkyl halides is 5. The SMILES string of the molecule is NC1CN(c2cc(C(F)(F)F)cc(-c3ccnc4c3[C@H](C(F)(F)P)OC(=O)N4)n2)CC1N. The molecule has 0 bridgehead atoms. The number of carbonyl (C=O) groups is 1. The molecule has 0 aliphatic carbocycles. The van der Waals surface area contributed by atoms with Crippen LogP contribution in [0.1, 0.15) is 17.2 Å². The Bertz CT molecular complexity index is 1050. The summed E-state index contributed by atoms with van der Waals surface area (Å²) in [5.41, 5.74) is 6.47. The van der Waals surface area contributed by atoms with Gasteiger partial charge in [0.15, 0.2) is 6.10 Å². The molecule has 2 aromatic heterocycles. The van der Waals surface area contributed by atoms with Crippen LogP contribution in [-0.4, -0.2) is 46.9 Å². The second-order valence-corrected chi connectivity index (χ2v) is 8.31. The first-order valence-electron chi connectivity index (χ1n) is 9.33. The normalized spacial score (nSPS) is 23.6. The number of fused-ring (bicyclic) bond motifs is 1. The van der Waals surface area contributed by atoms with Crippen molar-refractivity contribution < 1.29 is 31.5 Å². The summed E-state index contributed by atoms with van der Waals surface area (Å²) in [4.78, 5) is 21.3. The molecule has 2 aliphatic rings. The predicted octanol–water partition coefficient (Wildman–Crippen LogP) is 2.71. The number of nitrogens with zero attached hydrogens (tertiary/aromatic N) is 3. The van der Waals surface area contributed by atoms with Gasteiger partial charge in [0.25, 0.3) is 5.66 Å². The van der Waals surface area contributed by atoms with E-state index in [1.54, 1.807) is 0 Å². The monoisotopic (exact) mass is 476 g/mol. The Morgan fingerprint density at radius 3 is 2.41 bits per heavy atom. The molecule has 2 aliphatic heterocycles. The van der Waals surface area contributed by atoms with Gasteiger partial charge in [0.05, 0.1) is 16.8 Å². The van der Waals surface area contributed by atoms with Crippen LogP contribution in [0.25, 0.3) is 11.3 Å². The zero-order valence-electron chi connectivity index (χ0n) is 16.2. The number of cyclic esters (lactones) is 1. The minimum atomic E-state index is -4.74. The first-order valence-corrected chi connectivity index (χ1v) is 9.91. The molecule has 14 heteroatoms. The first-order chi connectivity index (χ1) is 14.8. The number of carbonyl (C=O) groups excluding carboxylic acids is 1. The van der Waals surface area contributed by atoms with Crippen molar-refractivity contribution in [2.45, 2.75) is 30.0 Å². The van der Waals surface area contributed by atoms with Crippen molar-refractivity contribution in [2.24, 2.45) is 11.5 Å². The minimum Gasteiger partial charge on any atom is -0.434 e. The summed E-state index contributed by atoms with van der Waals surface area (Å²) in [7, 11) is 1.26. The molecule has 2 aromatic rings. The highest BCUT2D eigenvalue weighted by Gasteiger charge is 2.45. The van der Waals surface area contributed by atoms with Crippen LogP contribution in [0.4, 0.5) is 38.4 Å². The van der Waals surface area contributed by atoms with E-state index in [1.807, 2.05) is 0 Å². The van der Waals surface area contributed by atoms with Crippen LogP contribution < -0.4 is 21.7 Å². The number of nitrogens with two attached hydrogens (primary N) is 2. The van der Waals surface area contributed by atoms with Gasteiger partial charge in [-0.1, -0.05) is 9.24 Å². The zero-order valence-corrected chi connectivity index (χ0v) is 17.4. The average molecular weight is 476 g/mol. The van der Waals surface area contributed by atoms with E-state index < -0.39 is 41.7 Å². The molecule has 172 valence electrons. The lowest BCUT2D eigenvalue weighted by Gasteiger charge is -2.31. The van der Waals surface area contributed by atoms with Crippen molar-refractivity contribution >= 4 is 27.0 Å². The van der Waals surface area contributed by atoms with Crippen molar-refractivity contribution in [3.63, 3.8) is 0 Å². The number of halogens is 5. The molecule has 1 amide bonds. The van der Waals surface area contributed by atoms with Gasteiger partial charge >= 0.3 is 12.3 Å². The molecule has 1 saturated heterocycles. The Morgan fingerprint density at radius 2 is 1.81 bits per heavy atom. The summed E-state index contributed by atoms with van der Waals surface area (Å²) in [5, 5.41) is 2.19. The molecule has 0 radical (unpaired) electrons. The quantitative estimate of drug-likeness (QED) is 0.460. The van der Waals surface area contributed by atoms with Gasteiger partial charge < -0.3 is 21.1 Å². The minimum absolute atomic E-state index is 0.0567. The number of aromatic nitrogens is 2. The fraction of sp³-hybridized carbons (Fsp3) is 0.389. The second-order valence-electron chi connectivity index (χ2n) is 7.54. The zero-order chi connectivity index (χ0) is 23.4. The number of ether oxygens (including phenoxy) is 1. The number of nitrogens with one attached hydrogen (secondary N) is 1.